The Morgan fingerprint density at radius 2 is 2.45 bits per heavy atom. The van der Waals surface area contributed by atoms with Crippen LogP contribution in [0, 0.1) is 0 Å². The van der Waals surface area contributed by atoms with E-state index >= 15 is 0 Å². The molecule has 0 aromatic rings. The maximum atomic E-state index is 10.4. The first kappa shape index (κ1) is 8.27. The summed E-state index contributed by atoms with van der Waals surface area (Å²) in [6.07, 6.45) is 5.82. The van der Waals surface area contributed by atoms with E-state index in [9.17, 15) is 4.79 Å². The molecule has 11 heavy (non-hydrogen) atoms. The van der Waals surface area contributed by atoms with Crippen LogP contribution in [0.1, 0.15) is 13.3 Å². The van der Waals surface area contributed by atoms with E-state index in [4.69, 9.17) is 4.74 Å². The predicted octanol–water partition coefficient (Wildman–Crippen LogP) is 0.767. The zero-order valence-corrected chi connectivity index (χ0v) is 6.69. The molecule has 0 aromatic carbocycles. The van der Waals surface area contributed by atoms with Gasteiger partial charge >= 0.3 is 0 Å². The van der Waals surface area contributed by atoms with Gasteiger partial charge in [0.05, 0.1) is 19.3 Å². The molecule has 3 heteroatoms. The minimum Gasteiger partial charge on any atom is -0.371 e. The van der Waals surface area contributed by atoms with E-state index in [0.29, 0.717) is 6.54 Å². The average molecular weight is 155 g/mol. The van der Waals surface area contributed by atoms with Gasteiger partial charge in [0.1, 0.15) is 0 Å². The zero-order valence-electron chi connectivity index (χ0n) is 6.69. The fraction of sp³-hybridized carbons (Fsp3) is 0.625. The van der Waals surface area contributed by atoms with Gasteiger partial charge in [0.25, 0.3) is 0 Å². The number of carbonyl (C=O) groups is 1. The average Bonchev–Trinajstić information content (AvgIpc) is 2.81. The van der Waals surface area contributed by atoms with Crippen LogP contribution in [0.15, 0.2) is 12.3 Å². The molecule has 1 rings (SSSR count). The summed E-state index contributed by atoms with van der Waals surface area (Å²) < 4.78 is 4.99. The lowest BCUT2D eigenvalue weighted by Crippen LogP contribution is -2.20. The van der Waals surface area contributed by atoms with Gasteiger partial charge in [-0.25, -0.2) is 0 Å². The molecule has 1 aliphatic rings. The minimum atomic E-state index is 0.279. The smallest absolute Gasteiger partial charge is 0.213 e. The molecule has 1 atom stereocenters. The molecule has 1 amide bonds. The minimum absolute atomic E-state index is 0.279. The van der Waals surface area contributed by atoms with Crippen LogP contribution < -0.4 is 0 Å². The van der Waals surface area contributed by atoms with Crippen molar-refractivity contribution in [2.45, 2.75) is 19.4 Å². The lowest BCUT2D eigenvalue weighted by molar-refractivity contribution is -0.116. The first-order valence-electron chi connectivity index (χ1n) is 3.86. The monoisotopic (exact) mass is 155 g/mol. The summed E-state index contributed by atoms with van der Waals surface area (Å²) in [5.41, 5.74) is 0. The SMILES string of the molecule is CC/C=C/N(C=O)CC1CO1. The fourth-order valence-electron chi connectivity index (χ4n) is 0.788. The Kier molecular flexibility index (Phi) is 3.11. The van der Waals surface area contributed by atoms with Crippen molar-refractivity contribution in [2.75, 3.05) is 13.2 Å². The number of ether oxygens (including phenoxy) is 1. The Bertz CT molecular complexity index is 152. The number of rotatable bonds is 5. The van der Waals surface area contributed by atoms with Crippen LogP contribution in [0.3, 0.4) is 0 Å². The molecule has 0 aliphatic carbocycles. The maximum Gasteiger partial charge on any atom is 0.213 e. The lowest BCUT2D eigenvalue weighted by Gasteiger charge is -2.08. The third-order valence-corrected chi connectivity index (χ3v) is 1.48. The first-order chi connectivity index (χ1) is 5.36. The molecule has 3 nitrogen and oxygen atoms in total. The van der Waals surface area contributed by atoms with E-state index in [2.05, 4.69) is 0 Å². The third-order valence-electron chi connectivity index (χ3n) is 1.48. The van der Waals surface area contributed by atoms with Gasteiger partial charge in [-0.2, -0.15) is 0 Å². The highest BCUT2D eigenvalue weighted by Gasteiger charge is 2.23. The topological polar surface area (TPSA) is 32.8 Å². The molecule has 1 fully saturated rings. The summed E-state index contributed by atoms with van der Waals surface area (Å²) in [4.78, 5) is 12.0. The van der Waals surface area contributed by atoms with Gasteiger partial charge in [-0.1, -0.05) is 13.0 Å². The summed E-state index contributed by atoms with van der Waals surface area (Å²) in [7, 11) is 0. The van der Waals surface area contributed by atoms with Gasteiger partial charge in [0, 0.05) is 6.20 Å². The summed E-state index contributed by atoms with van der Waals surface area (Å²) in [6.45, 7) is 3.53. The van der Waals surface area contributed by atoms with Crippen molar-refractivity contribution in [3.63, 3.8) is 0 Å². The zero-order chi connectivity index (χ0) is 8.10. The molecule has 0 bridgehead atoms. The van der Waals surface area contributed by atoms with E-state index in [1.54, 1.807) is 11.1 Å². The Labute approximate surface area is 66.6 Å². The summed E-state index contributed by atoms with van der Waals surface area (Å²) in [6, 6.07) is 0. The second kappa shape index (κ2) is 4.13. The Morgan fingerprint density at radius 1 is 1.73 bits per heavy atom. The summed E-state index contributed by atoms with van der Waals surface area (Å²) >= 11 is 0. The molecule has 0 aromatic heterocycles. The molecule has 1 saturated heterocycles. The number of amides is 1. The van der Waals surface area contributed by atoms with Gasteiger partial charge in [0.15, 0.2) is 0 Å². The molecule has 0 spiro atoms. The van der Waals surface area contributed by atoms with Gasteiger partial charge in [-0.3, -0.25) is 4.79 Å². The number of hydrogen-bond acceptors (Lipinski definition) is 2. The molecule has 1 heterocycles. The number of epoxide rings is 1. The Balaban J connectivity index is 2.22. The van der Waals surface area contributed by atoms with Crippen LogP contribution in [0.25, 0.3) is 0 Å². The quantitative estimate of drug-likeness (QED) is 0.434. The van der Waals surface area contributed by atoms with Gasteiger partial charge in [-0.05, 0) is 6.42 Å². The molecule has 0 N–H and O–H groups in total. The highest BCUT2D eigenvalue weighted by atomic mass is 16.6. The third kappa shape index (κ3) is 3.18. The largest absolute Gasteiger partial charge is 0.371 e. The van der Waals surface area contributed by atoms with E-state index in [1.165, 1.54) is 0 Å². The second-order valence-corrected chi connectivity index (χ2v) is 2.55. The Hall–Kier alpha value is -0.830. The summed E-state index contributed by atoms with van der Waals surface area (Å²) in [5, 5.41) is 0. The van der Waals surface area contributed by atoms with Crippen molar-refractivity contribution in [1.82, 2.24) is 4.90 Å². The van der Waals surface area contributed by atoms with Crippen LogP contribution in [0.4, 0.5) is 0 Å². The van der Waals surface area contributed by atoms with E-state index < -0.39 is 0 Å². The number of allylic oxidation sites excluding steroid dienone is 1. The highest BCUT2D eigenvalue weighted by molar-refractivity contribution is 5.49. The lowest BCUT2D eigenvalue weighted by atomic mass is 10.4. The van der Waals surface area contributed by atoms with Crippen LogP contribution in [-0.4, -0.2) is 30.6 Å². The van der Waals surface area contributed by atoms with Crippen LogP contribution in [0.2, 0.25) is 0 Å². The molecule has 0 radical (unpaired) electrons. The second-order valence-electron chi connectivity index (χ2n) is 2.55. The van der Waals surface area contributed by atoms with E-state index in [0.717, 1.165) is 19.4 Å². The normalized spacial score (nSPS) is 22.1. The predicted molar refractivity (Wildman–Crippen MR) is 41.9 cm³/mol. The first-order valence-corrected chi connectivity index (χ1v) is 3.86. The van der Waals surface area contributed by atoms with Crippen molar-refractivity contribution < 1.29 is 9.53 Å². The molecule has 1 aliphatic heterocycles. The van der Waals surface area contributed by atoms with Crippen molar-refractivity contribution in [1.29, 1.82) is 0 Å². The number of carbonyl (C=O) groups excluding carboxylic acids is 1. The van der Waals surface area contributed by atoms with Crippen LogP contribution >= 0.6 is 0 Å². The molecule has 1 unspecified atom stereocenters. The molecular formula is C8H13NO2. The Morgan fingerprint density at radius 3 is 2.91 bits per heavy atom. The van der Waals surface area contributed by atoms with Gasteiger partial charge < -0.3 is 9.64 Å². The van der Waals surface area contributed by atoms with E-state index in [1.807, 2.05) is 13.0 Å². The summed E-state index contributed by atoms with van der Waals surface area (Å²) in [5.74, 6) is 0. The standard InChI is InChI=1S/C8H13NO2/c1-2-3-4-9(7-10)5-8-6-11-8/h3-4,7-8H,2,5-6H2,1H3/b4-3+. The van der Waals surface area contributed by atoms with E-state index in [-0.39, 0.29) is 6.10 Å². The highest BCUT2D eigenvalue weighted by Crippen LogP contribution is 2.09. The molecular weight excluding hydrogens is 142 g/mol. The van der Waals surface area contributed by atoms with Crippen LogP contribution in [0.5, 0.6) is 0 Å². The maximum absolute atomic E-state index is 10.4. The fourth-order valence-corrected chi connectivity index (χ4v) is 0.788. The molecule has 62 valence electrons. The van der Waals surface area contributed by atoms with Gasteiger partial charge in [-0.15, -0.1) is 0 Å². The van der Waals surface area contributed by atoms with Crippen molar-refractivity contribution in [3.8, 4) is 0 Å². The van der Waals surface area contributed by atoms with Crippen molar-refractivity contribution >= 4 is 6.41 Å². The van der Waals surface area contributed by atoms with Crippen molar-refractivity contribution in [2.24, 2.45) is 0 Å². The molecule has 0 saturated carbocycles. The van der Waals surface area contributed by atoms with Gasteiger partial charge in [0.2, 0.25) is 6.41 Å². The van der Waals surface area contributed by atoms with Crippen molar-refractivity contribution in [3.05, 3.63) is 12.3 Å². The van der Waals surface area contributed by atoms with Crippen LogP contribution in [-0.2, 0) is 9.53 Å². The number of hydrogen-bond donors (Lipinski definition) is 0. The number of nitrogens with zero attached hydrogens (tertiary/aromatic N) is 1.